The molecule has 0 amide bonds. The van der Waals surface area contributed by atoms with Gasteiger partial charge in [-0.3, -0.25) is 0 Å². The number of fused-ring (bicyclic) bond motifs is 1. The van der Waals surface area contributed by atoms with Crippen molar-refractivity contribution in [1.29, 1.82) is 0 Å². The van der Waals surface area contributed by atoms with Gasteiger partial charge in [0.2, 0.25) is 0 Å². The second-order valence-corrected chi connectivity index (χ2v) is 6.10. The molecule has 0 spiro atoms. The van der Waals surface area contributed by atoms with Gasteiger partial charge in [0, 0.05) is 6.54 Å². The van der Waals surface area contributed by atoms with Gasteiger partial charge in [-0.2, -0.15) is 0 Å². The number of hydrogen-bond donors (Lipinski definition) is 1. The molecule has 1 atom stereocenters. The summed E-state index contributed by atoms with van der Waals surface area (Å²) in [4.78, 5) is 0. The highest BCUT2D eigenvalue weighted by molar-refractivity contribution is 5.32. The molecule has 1 unspecified atom stereocenters. The van der Waals surface area contributed by atoms with Gasteiger partial charge in [-0.05, 0) is 61.6 Å². The summed E-state index contributed by atoms with van der Waals surface area (Å²) in [5.41, 5.74) is 3.21. The maximum atomic E-state index is 3.74. The quantitative estimate of drug-likeness (QED) is 0.846. The third-order valence-corrected chi connectivity index (χ3v) is 4.79. The van der Waals surface area contributed by atoms with Crippen molar-refractivity contribution in [2.75, 3.05) is 13.1 Å². The van der Waals surface area contributed by atoms with Gasteiger partial charge in [0.25, 0.3) is 0 Å². The van der Waals surface area contributed by atoms with Gasteiger partial charge in [-0.1, -0.05) is 37.1 Å². The first-order valence-electron chi connectivity index (χ1n) is 7.72. The molecule has 98 valence electrons. The highest BCUT2D eigenvalue weighted by Crippen LogP contribution is 2.31. The Bertz CT molecular complexity index is 379. The van der Waals surface area contributed by atoms with Gasteiger partial charge in [0.05, 0.1) is 0 Å². The Hall–Kier alpha value is -0.820. The Labute approximate surface area is 111 Å². The molecule has 0 radical (unpaired) electrons. The minimum Gasteiger partial charge on any atom is -0.316 e. The van der Waals surface area contributed by atoms with Crippen LogP contribution in [0.3, 0.4) is 0 Å². The van der Waals surface area contributed by atoms with Gasteiger partial charge < -0.3 is 5.32 Å². The fourth-order valence-electron chi connectivity index (χ4n) is 3.74. The molecule has 2 aliphatic carbocycles. The van der Waals surface area contributed by atoms with Crippen molar-refractivity contribution in [2.45, 2.75) is 50.9 Å². The van der Waals surface area contributed by atoms with Crippen molar-refractivity contribution in [3.63, 3.8) is 0 Å². The first kappa shape index (κ1) is 12.2. The molecular formula is C17H25N. The SMILES string of the molecule is c1ccc2c(c1)CCCC2CNCC1CCCC1. The van der Waals surface area contributed by atoms with Crippen molar-refractivity contribution >= 4 is 0 Å². The molecule has 3 rings (SSSR count). The van der Waals surface area contributed by atoms with E-state index in [1.807, 2.05) is 0 Å². The molecule has 1 saturated carbocycles. The summed E-state index contributed by atoms with van der Waals surface area (Å²) >= 11 is 0. The lowest BCUT2D eigenvalue weighted by Crippen LogP contribution is -2.28. The van der Waals surface area contributed by atoms with Crippen LogP contribution in [0.1, 0.15) is 55.6 Å². The van der Waals surface area contributed by atoms with E-state index in [-0.39, 0.29) is 0 Å². The maximum Gasteiger partial charge on any atom is 0.00203 e. The maximum absolute atomic E-state index is 3.74. The van der Waals surface area contributed by atoms with E-state index in [1.54, 1.807) is 11.1 Å². The normalized spacial score (nSPS) is 24.1. The van der Waals surface area contributed by atoms with Crippen LogP contribution in [0.2, 0.25) is 0 Å². The molecule has 0 bridgehead atoms. The van der Waals surface area contributed by atoms with Gasteiger partial charge >= 0.3 is 0 Å². The van der Waals surface area contributed by atoms with E-state index in [0.29, 0.717) is 0 Å². The highest BCUT2D eigenvalue weighted by atomic mass is 14.9. The lowest BCUT2D eigenvalue weighted by Gasteiger charge is -2.26. The zero-order valence-electron chi connectivity index (χ0n) is 11.3. The third-order valence-electron chi connectivity index (χ3n) is 4.79. The number of nitrogens with one attached hydrogen (secondary N) is 1. The topological polar surface area (TPSA) is 12.0 Å². The van der Waals surface area contributed by atoms with E-state index in [1.165, 1.54) is 58.0 Å². The van der Waals surface area contributed by atoms with Crippen LogP contribution in [0.4, 0.5) is 0 Å². The standard InChI is InChI=1S/C17H25N/c1-2-7-14(6-1)12-18-13-16-10-5-9-15-8-3-4-11-17(15)16/h3-4,8,11,14,16,18H,1-2,5-7,9-10,12-13H2. The second kappa shape index (κ2) is 5.88. The molecule has 18 heavy (non-hydrogen) atoms. The average Bonchev–Trinajstić information content (AvgIpc) is 2.92. The summed E-state index contributed by atoms with van der Waals surface area (Å²) < 4.78 is 0. The fraction of sp³-hybridized carbons (Fsp3) is 0.647. The second-order valence-electron chi connectivity index (χ2n) is 6.10. The van der Waals surface area contributed by atoms with Gasteiger partial charge in [-0.15, -0.1) is 0 Å². The molecule has 1 aromatic rings. The average molecular weight is 243 g/mol. The third kappa shape index (κ3) is 2.77. The van der Waals surface area contributed by atoms with Crippen LogP contribution in [-0.4, -0.2) is 13.1 Å². The molecule has 1 aromatic carbocycles. The van der Waals surface area contributed by atoms with Crippen molar-refractivity contribution in [3.8, 4) is 0 Å². The van der Waals surface area contributed by atoms with E-state index in [2.05, 4.69) is 29.6 Å². The number of benzene rings is 1. The lowest BCUT2D eigenvalue weighted by atomic mass is 9.83. The Morgan fingerprint density at radius 1 is 0.944 bits per heavy atom. The minimum atomic E-state index is 0.761. The van der Waals surface area contributed by atoms with E-state index in [4.69, 9.17) is 0 Å². The van der Waals surface area contributed by atoms with Gasteiger partial charge in [0.1, 0.15) is 0 Å². The zero-order chi connectivity index (χ0) is 12.2. The van der Waals surface area contributed by atoms with Crippen LogP contribution in [0.5, 0.6) is 0 Å². The molecule has 1 N–H and O–H groups in total. The molecule has 0 aromatic heterocycles. The summed E-state index contributed by atoms with van der Waals surface area (Å²) in [5.74, 6) is 1.72. The molecule has 0 heterocycles. The molecule has 1 heteroatoms. The van der Waals surface area contributed by atoms with E-state index in [0.717, 1.165) is 11.8 Å². The Morgan fingerprint density at radius 3 is 2.67 bits per heavy atom. The molecule has 1 fully saturated rings. The van der Waals surface area contributed by atoms with Crippen LogP contribution in [0.15, 0.2) is 24.3 Å². The van der Waals surface area contributed by atoms with Gasteiger partial charge in [0.15, 0.2) is 0 Å². The van der Waals surface area contributed by atoms with Gasteiger partial charge in [-0.25, -0.2) is 0 Å². The van der Waals surface area contributed by atoms with Crippen LogP contribution in [0.25, 0.3) is 0 Å². The lowest BCUT2D eigenvalue weighted by molar-refractivity contribution is 0.449. The predicted octanol–water partition coefficient (Wildman–Crippen LogP) is 3.89. The van der Waals surface area contributed by atoms with Crippen LogP contribution < -0.4 is 5.32 Å². The summed E-state index contributed by atoms with van der Waals surface area (Å²) in [6.45, 7) is 2.44. The number of hydrogen-bond acceptors (Lipinski definition) is 1. The van der Waals surface area contributed by atoms with E-state index < -0.39 is 0 Å². The number of aryl methyl sites for hydroxylation is 1. The van der Waals surface area contributed by atoms with Crippen molar-refractivity contribution in [3.05, 3.63) is 35.4 Å². The van der Waals surface area contributed by atoms with Crippen LogP contribution >= 0.6 is 0 Å². The van der Waals surface area contributed by atoms with Crippen LogP contribution in [0, 0.1) is 5.92 Å². The summed E-state index contributed by atoms with van der Waals surface area (Å²) in [6.07, 6.45) is 9.84. The Morgan fingerprint density at radius 2 is 1.78 bits per heavy atom. The first-order chi connectivity index (χ1) is 8.93. The summed E-state index contributed by atoms with van der Waals surface area (Å²) in [5, 5.41) is 3.74. The minimum absolute atomic E-state index is 0.761. The van der Waals surface area contributed by atoms with E-state index in [9.17, 15) is 0 Å². The molecular weight excluding hydrogens is 218 g/mol. The zero-order valence-corrected chi connectivity index (χ0v) is 11.3. The highest BCUT2D eigenvalue weighted by Gasteiger charge is 2.20. The van der Waals surface area contributed by atoms with Crippen LogP contribution in [-0.2, 0) is 6.42 Å². The Kier molecular flexibility index (Phi) is 3.99. The van der Waals surface area contributed by atoms with Crippen molar-refractivity contribution in [1.82, 2.24) is 5.32 Å². The molecule has 0 aliphatic heterocycles. The van der Waals surface area contributed by atoms with Crippen molar-refractivity contribution in [2.24, 2.45) is 5.92 Å². The molecule has 0 saturated heterocycles. The Balaban J connectivity index is 1.54. The molecule has 2 aliphatic rings. The fourth-order valence-corrected chi connectivity index (χ4v) is 3.74. The summed E-state index contributed by atoms with van der Waals surface area (Å²) in [6, 6.07) is 9.05. The predicted molar refractivity (Wildman–Crippen MR) is 76.9 cm³/mol. The largest absolute Gasteiger partial charge is 0.316 e. The van der Waals surface area contributed by atoms with Crippen molar-refractivity contribution < 1.29 is 0 Å². The number of rotatable bonds is 4. The monoisotopic (exact) mass is 243 g/mol. The smallest absolute Gasteiger partial charge is 0.00203 e. The first-order valence-corrected chi connectivity index (χ1v) is 7.72. The summed E-state index contributed by atoms with van der Waals surface area (Å²) in [7, 11) is 0. The van der Waals surface area contributed by atoms with E-state index >= 15 is 0 Å². The molecule has 1 nitrogen and oxygen atoms in total.